The van der Waals surface area contributed by atoms with Crippen LogP contribution in [0.2, 0.25) is 0 Å². The van der Waals surface area contributed by atoms with Gasteiger partial charge in [0.2, 0.25) is 0 Å². The van der Waals surface area contributed by atoms with E-state index in [2.05, 4.69) is 43.1 Å². The van der Waals surface area contributed by atoms with Crippen LogP contribution in [0.25, 0.3) is 5.57 Å². The van der Waals surface area contributed by atoms with Gasteiger partial charge in [0.15, 0.2) is 0 Å². The van der Waals surface area contributed by atoms with Crippen molar-refractivity contribution in [3.63, 3.8) is 0 Å². The third-order valence-electron chi connectivity index (χ3n) is 3.28. The lowest BCUT2D eigenvalue weighted by molar-refractivity contribution is 0.308. The van der Waals surface area contributed by atoms with Crippen molar-refractivity contribution in [2.75, 3.05) is 26.7 Å². The van der Waals surface area contributed by atoms with Crippen LogP contribution in [0.4, 0.5) is 0 Å². The third-order valence-corrected chi connectivity index (χ3v) is 3.28. The summed E-state index contributed by atoms with van der Waals surface area (Å²) in [4.78, 5) is 2.38. The summed E-state index contributed by atoms with van der Waals surface area (Å²) in [7, 11) is 2.19. The highest BCUT2D eigenvalue weighted by molar-refractivity contribution is 5.71. The Morgan fingerprint density at radius 1 is 1.28 bits per heavy atom. The van der Waals surface area contributed by atoms with Gasteiger partial charge in [-0.15, -0.1) is 0 Å². The highest BCUT2D eigenvalue weighted by Gasteiger charge is 2.12. The summed E-state index contributed by atoms with van der Waals surface area (Å²) < 4.78 is 5.84. The molecular formula is C16H23NO. The first-order chi connectivity index (χ1) is 8.81. The summed E-state index contributed by atoms with van der Waals surface area (Å²) in [5.41, 5.74) is 2.67. The molecule has 0 saturated heterocycles. The average Bonchev–Trinajstić information content (AvgIpc) is 2.35. The molecular weight excluding hydrogens is 222 g/mol. The Balaban J connectivity index is 2.21. The van der Waals surface area contributed by atoms with Gasteiger partial charge in [0.25, 0.3) is 0 Å². The zero-order valence-electron chi connectivity index (χ0n) is 11.5. The molecule has 2 nitrogen and oxygen atoms in total. The summed E-state index contributed by atoms with van der Waals surface area (Å²) in [6.07, 6.45) is 5.80. The van der Waals surface area contributed by atoms with E-state index >= 15 is 0 Å². The van der Waals surface area contributed by atoms with Gasteiger partial charge in [-0.05, 0) is 44.5 Å². The molecule has 0 aliphatic carbocycles. The van der Waals surface area contributed by atoms with Gasteiger partial charge in [0.1, 0.15) is 5.75 Å². The molecule has 2 heteroatoms. The number of hydrogen-bond acceptors (Lipinski definition) is 2. The van der Waals surface area contributed by atoms with Crippen LogP contribution in [-0.2, 0) is 0 Å². The smallest absolute Gasteiger partial charge is 0.126 e. The van der Waals surface area contributed by atoms with E-state index in [1.54, 1.807) is 0 Å². The highest BCUT2D eigenvalue weighted by atomic mass is 16.5. The molecule has 0 spiro atoms. The van der Waals surface area contributed by atoms with Crippen LogP contribution in [0, 0.1) is 0 Å². The van der Waals surface area contributed by atoms with Gasteiger partial charge < -0.3 is 9.64 Å². The van der Waals surface area contributed by atoms with E-state index in [4.69, 9.17) is 4.74 Å². The minimum absolute atomic E-state index is 0.825. The molecule has 1 heterocycles. The average molecular weight is 245 g/mol. The maximum Gasteiger partial charge on any atom is 0.126 e. The number of rotatable bonds is 4. The highest BCUT2D eigenvalue weighted by Crippen LogP contribution is 2.28. The fourth-order valence-corrected chi connectivity index (χ4v) is 2.41. The molecule has 0 saturated carbocycles. The molecule has 0 radical (unpaired) electrons. The van der Waals surface area contributed by atoms with Crippen molar-refractivity contribution >= 4 is 5.57 Å². The largest absolute Gasteiger partial charge is 0.493 e. The number of fused-ring (bicyclic) bond motifs is 1. The van der Waals surface area contributed by atoms with Crippen LogP contribution < -0.4 is 4.74 Å². The summed E-state index contributed by atoms with van der Waals surface area (Å²) in [6, 6.07) is 8.39. The van der Waals surface area contributed by atoms with Crippen LogP contribution in [0.1, 0.15) is 31.7 Å². The fourth-order valence-electron chi connectivity index (χ4n) is 2.41. The Labute approximate surface area is 110 Å². The summed E-state index contributed by atoms with van der Waals surface area (Å²) in [6.45, 7) is 5.19. The van der Waals surface area contributed by atoms with Crippen molar-refractivity contribution in [3.05, 3.63) is 35.9 Å². The van der Waals surface area contributed by atoms with E-state index in [-0.39, 0.29) is 0 Å². The molecule has 1 aliphatic heterocycles. The number of allylic oxidation sites excluding steroid dienone is 1. The lowest BCUT2D eigenvalue weighted by Gasteiger charge is -2.21. The molecule has 0 bridgehead atoms. The van der Waals surface area contributed by atoms with Gasteiger partial charge in [-0.25, -0.2) is 0 Å². The predicted octanol–water partition coefficient (Wildman–Crippen LogP) is 3.58. The van der Waals surface area contributed by atoms with Crippen molar-refractivity contribution in [1.82, 2.24) is 4.90 Å². The van der Waals surface area contributed by atoms with E-state index < -0.39 is 0 Å². The van der Waals surface area contributed by atoms with Gasteiger partial charge in [0.05, 0.1) is 6.61 Å². The van der Waals surface area contributed by atoms with E-state index in [1.165, 1.54) is 17.6 Å². The van der Waals surface area contributed by atoms with Crippen molar-refractivity contribution < 1.29 is 4.74 Å². The van der Waals surface area contributed by atoms with Gasteiger partial charge >= 0.3 is 0 Å². The number of ether oxygens (including phenoxy) is 1. The minimum atomic E-state index is 0.825. The lowest BCUT2D eigenvalue weighted by Crippen LogP contribution is -2.22. The normalized spacial score (nSPS) is 18.3. The second-order valence-corrected chi connectivity index (χ2v) is 4.95. The predicted molar refractivity (Wildman–Crippen MR) is 76.9 cm³/mol. The molecule has 98 valence electrons. The van der Waals surface area contributed by atoms with Crippen LogP contribution in [0.5, 0.6) is 5.75 Å². The summed E-state index contributed by atoms with van der Waals surface area (Å²) in [5.74, 6) is 1.04. The standard InChI is InChI=1S/C16H23NO/c1-3-11-17(2)13-14-8-6-7-12-18-16-10-5-4-9-15(14)16/h4-5,8-10H,3,6-7,11-13H2,1-2H3/b14-8-. The Kier molecular flexibility index (Phi) is 4.82. The minimum Gasteiger partial charge on any atom is -0.493 e. The van der Waals surface area contributed by atoms with E-state index in [1.807, 2.05) is 6.07 Å². The van der Waals surface area contributed by atoms with Gasteiger partial charge in [-0.1, -0.05) is 31.2 Å². The van der Waals surface area contributed by atoms with Crippen molar-refractivity contribution in [3.8, 4) is 5.75 Å². The Hall–Kier alpha value is -1.28. The second-order valence-electron chi connectivity index (χ2n) is 4.95. The topological polar surface area (TPSA) is 12.5 Å². The molecule has 0 amide bonds. The van der Waals surface area contributed by atoms with E-state index in [9.17, 15) is 0 Å². The maximum atomic E-state index is 5.84. The second kappa shape index (κ2) is 6.60. The molecule has 1 aromatic rings. The molecule has 18 heavy (non-hydrogen) atoms. The summed E-state index contributed by atoms with van der Waals surface area (Å²) in [5, 5.41) is 0. The van der Waals surface area contributed by atoms with Gasteiger partial charge in [-0.3, -0.25) is 0 Å². The molecule has 0 fully saturated rings. The van der Waals surface area contributed by atoms with Crippen molar-refractivity contribution in [2.24, 2.45) is 0 Å². The van der Waals surface area contributed by atoms with Crippen LogP contribution in [-0.4, -0.2) is 31.6 Å². The molecule has 1 aliphatic rings. The number of para-hydroxylation sites is 1. The molecule has 2 rings (SSSR count). The molecule has 0 aromatic heterocycles. The van der Waals surface area contributed by atoms with Crippen LogP contribution in [0.3, 0.4) is 0 Å². The maximum absolute atomic E-state index is 5.84. The van der Waals surface area contributed by atoms with E-state index in [0.717, 1.165) is 38.3 Å². The first kappa shape index (κ1) is 13.2. The van der Waals surface area contributed by atoms with Gasteiger partial charge in [-0.2, -0.15) is 0 Å². The molecule has 0 unspecified atom stereocenters. The number of benzene rings is 1. The number of likely N-dealkylation sites (N-methyl/N-ethyl adjacent to an activating group) is 1. The first-order valence-corrected chi connectivity index (χ1v) is 6.91. The molecule has 0 N–H and O–H groups in total. The van der Waals surface area contributed by atoms with Crippen molar-refractivity contribution in [2.45, 2.75) is 26.2 Å². The quantitative estimate of drug-likeness (QED) is 0.804. The Morgan fingerprint density at radius 2 is 2.11 bits per heavy atom. The van der Waals surface area contributed by atoms with Crippen LogP contribution >= 0.6 is 0 Å². The van der Waals surface area contributed by atoms with Gasteiger partial charge in [0, 0.05) is 12.1 Å². The molecule has 0 atom stereocenters. The van der Waals surface area contributed by atoms with Crippen molar-refractivity contribution in [1.29, 1.82) is 0 Å². The fraction of sp³-hybridized carbons (Fsp3) is 0.500. The lowest BCUT2D eigenvalue weighted by atomic mass is 10.0. The van der Waals surface area contributed by atoms with E-state index in [0.29, 0.717) is 0 Å². The number of hydrogen-bond donors (Lipinski definition) is 0. The Bertz CT molecular complexity index is 411. The Morgan fingerprint density at radius 3 is 2.94 bits per heavy atom. The van der Waals surface area contributed by atoms with Crippen LogP contribution in [0.15, 0.2) is 30.3 Å². The molecule has 1 aromatic carbocycles. The monoisotopic (exact) mass is 245 g/mol. The zero-order valence-corrected chi connectivity index (χ0v) is 11.5. The SMILES string of the molecule is CCCN(C)C/C1=C/CCCOc2ccccc21. The third kappa shape index (κ3) is 3.36. The zero-order chi connectivity index (χ0) is 12.8. The summed E-state index contributed by atoms with van der Waals surface area (Å²) >= 11 is 0. The number of nitrogens with zero attached hydrogens (tertiary/aromatic N) is 1. The first-order valence-electron chi connectivity index (χ1n) is 6.91.